The Morgan fingerprint density at radius 1 is 0.944 bits per heavy atom. The number of hydrogen-bond donors (Lipinski definition) is 1. The van der Waals surface area contributed by atoms with Crippen molar-refractivity contribution in [2.24, 2.45) is 23.5 Å². The summed E-state index contributed by atoms with van der Waals surface area (Å²) in [6.07, 6.45) is 13.0. The highest BCUT2D eigenvalue weighted by atomic mass is 15.1. The summed E-state index contributed by atoms with van der Waals surface area (Å²) >= 11 is 0. The maximum Gasteiger partial charge on any atom is 0.0111 e. The first-order chi connectivity index (χ1) is 8.75. The Labute approximate surface area is 112 Å². The van der Waals surface area contributed by atoms with Crippen LogP contribution in [0.1, 0.15) is 57.8 Å². The molecule has 0 aromatic carbocycles. The number of hydrogen-bond acceptors (Lipinski definition) is 2. The predicted octanol–water partition coefficient (Wildman–Crippen LogP) is 3.01. The minimum atomic E-state index is 0.511. The Morgan fingerprint density at radius 2 is 1.61 bits per heavy atom. The molecule has 3 fully saturated rings. The zero-order valence-electron chi connectivity index (χ0n) is 12.0. The Bertz CT molecular complexity index is 268. The second kappa shape index (κ2) is 5.50. The number of fused-ring (bicyclic) bond motifs is 2. The van der Waals surface area contributed by atoms with Crippen LogP contribution in [-0.4, -0.2) is 30.6 Å². The van der Waals surface area contributed by atoms with Gasteiger partial charge in [-0.2, -0.15) is 0 Å². The summed E-state index contributed by atoms with van der Waals surface area (Å²) in [6, 6.07) is 1.36. The van der Waals surface area contributed by atoms with Gasteiger partial charge in [0.05, 0.1) is 0 Å². The van der Waals surface area contributed by atoms with Crippen LogP contribution in [0.25, 0.3) is 0 Å². The highest BCUT2D eigenvalue weighted by Gasteiger charge is 2.46. The minimum Gasteiger partial charge on any atom is -0.327 e. The number of nitrogens with zero attached hydrogens (tertiary/aromatic N) is 1. The van der Waals surface area contributed by atoms with Gasteiger partial charge in [0.15, 0.2) is 0 Å². The number of nitrogens with two attached hydrogens (primary N) is 1. The Morgan fingerprint density at radius 3 is 2.22 bits per heavy atom. The van der Waals surface area contributed by atoms with E-state index >= 15 is 0 Å². The molecule has 18 heavy (non-hydrogen) atoms. The second-order valence-electron chi connectivity index (χ2n) is 7.16. The van der Waals surface area contributed by atoms with Gasteiger partial charge in [0.25, 0.3) is 0 Å². The van der Waals surface area contributed by atoms with Crippen molar-refractivity contribution in [3.05, 3.63) is 0 Å². The molecule has 0 amide bonds. The van der Waals surface area contributed by atoms with Crippen LogP contribution in [0.4, 0.5) is 0 Å². The van der Waals surface area contributed by atoms with E-state index in [0.29, 0.717) is 6.04 Å². The Balaban J connectivity index is 1.55. The molecule has 3 rings (SSSR count). The van der Waals surface area contributed by atoms with Crippen molar-refractivity contribution in [1.82, 2.24) is 4.90 Å². The molecule has 3 aliphatic carbocycles. The highest BCUT2D eigenvalue weighted by molar-refractivity contribution is 5.00. The molecule has 4 atom stereocenters. The molecule has 3 saturated carbocycles. The highest BCUT2D eigenvalue weighted by Crippen LogP contribution is 2.47. The van der Waals surface area contributed by atoms with Gasteiger partial charge < -0.3 is 10.6 Å². The molecule has 3 aliphatic rings. The normalized spacial score (nSPS) is 41.5. The van der Waals surface area contributed by atoms with E-state index in [1.807, 2.05) is 0 Å². The Kier molecular flexibility index (Phi) is 3.95. The van der Waals surface area contributed by atoms with Crippen LogP contribution < -0.4 is 5.73 Å². The van der Waals surface area contributed by atoms with Gasteiger partial charge >= 0.3 is 0 Å². The van der Waals surface area contributed by atoms with Gasteiger partial charge in [-0.05, 0) is 56.9 Å². The topological polar surface area (TPSA) is 29.3 Å². The SMILES string of the molecule is CN(CC1C2CCC(C2)C1N)C1CCCCCC1. The van der Waals surface area contributed by atoms with E-state index in [-0.39, 0.29) is 0 Å². The lowest BCUT2D eigenvalue weighted by Crippen LogP contribution is -2.44. The summed E-state index contributed by atoms with van der Waals surface area (Å²) in [5.74, 6) is 2.62. The fourth-order valence-electron chi connectivity index (χ4n) is 4.91. The maximum absolute atomic E-state index is 6.45. The van der Waals surface area contributed by atoms with Crippen molar-refractivity contribution < 1.29 is 0 Å². The third-order valence-electron chi connectivity index (χ3n) is 6.10. The first-order valence-corrected chi connectivity index (χ1v) is 8.21. The van der Waals surface area contributed by atoms with Crippen molar-refractivity contribution >= 4 is 0 Å². The molecule has 0 heterocycles. The van der Waals surface area contributed by atoms with Crippen LogP contribution in [0.15, 0.2) is 0 Å². The van der Waals surface area contributed by atoms with E-state index < -0.39 is 0 Å². The molecule has 0 aliphatic heterocycles. The van der Waals surface area contributed by atoms with Gasteiger partial charge in [0, 0.05) is 18.6 Å². The number of rotatable bonds is 3. The summed E-state index contributed by atoms with van der Waals surface area (Å²) in [7, 11) is 2.36. The summed E-state index contributed by atoms with van der Waals surface area (Å²) in [5.41, 5.74) is 6.45. The molecule has 104 valence electrons. The summed E-state index contributed by atoms with van der Waals surface area (Å²) in [6.45, 7) is 1.27. The van der Waals surface area contributed by atoms with Crippen molar-refractivity contribution in [2.45, 2.75) is 69.9 Å². The van der Waals surface area contributed by atoms with E-state index in [4.69, 9.17) is 5.73 Å². The monoisotopic (exact) mass is 250 g/mol. The third kappa shape index (κ3) is 2.46. The summed E-state index contributed by atoms with van der Waals surface area (Å²) < 4.78 is 0. The third-order valence-corrected chi connectivity index (χ3v) is 6.10. The van der Waals surface area contributed by atoms with Gasteiger partial charge in [-0.15, -0.1) is 0 Å². The first kappa shape index (κ1) is 12.9. The lowest BCUT2D eigenvalue weighted by molar-refractivity contribution is 0.149. The molecule has 2 heteroatoms. The van der Waals surface area contributed by atoms with E-state index in [0.717, 1.165) is 23.8 Å². The molecule has 0 radical (unpaired) electrons. The van der Waals surface area contributed by atoms with Gasteiger partial charge in [-0.1, -0.05) is 25.7 Å². The molecular formula is C16H30N2. The molecule has 2 N–H and O–H groups in total. The van der Waals surface area contributed by atoms with Gasteiger partial charge in [-0.25, -0.2) is 0 Å². The van der Waals surface area contributed by atoms with E-state index in [1.165, 1.54) is 64.3 Å². The Hall–Kier alpha value is -0.0800. The quantitative estimate of drug-likeness (QED) is 0.780. The molecule has 0 aromatic rings. The van der Waals surface area contributed by atoms with Crippen molar-refractivity contribution in [2.75, 3.05) is 13.6 Å². The van der Waals surface area contributed by atoms with Crippen molar-refractivity contribution in [1.29, 1.82) is 0 Å². The summed E-state index contributed by atoms with van der Waals surface area (Å²) in [5, 5.41) is 0. The second-order valence-corrected chi connectivity index (χ2v) is 7.16. The van der Waals surface area contributed by atoms with Gasteiger partial charge in [0.1, 0.15) is 0 Å². The van der Waals surface area contributed by atoms with Crippen LogP contribution in [0.3, 0.4) is 0 Å². The fourth-order valence-corrected chi connectivity index (χ4v) is 4.91. The molecule has 4 unspecified atom stereocenters. The van der Waals surface area contributed by atoms with Crippen LogP contribution >= 0.6 is 0 Å². The molecule has 2 nitrogen and oxygen atoms in total. The van der Waals surface area contributed by atoms with Crippen molar-refractivity contribution in [3.8, 4) is 0 Å². The predicted molar refractivity (Wildman–Crippen MR) is 76.4 cm³/mol. The maximum atomic E-state index is 6.45. The van der Waals surface area contributed by atoms with Crippen molar-refractivity contribution in [3.63, 3.8) is 0 Å². The molecule has 2 bridgehead atoms. The lowest BCUT2D eigenvalue weighted by atomic mass is 9.84. The van der Waals surface area contributed by atoms with Crippen LogP contribution in [-0.2, 0) is 0 Å². The minimum absolute atomic E-state index is 0.511. The molecule has 0 spiro atoms. The average molecular weight is 250 g/mol. The van der Waals surface area contributed by atoms with Crippen LogP contribution in [0.5, 0.6) is 0 Å². The smallest absolute Gasteiger partial charge is 0.0111 e. The van der Waals surface area contributed by atoms with Gasteiger partial charge in [0.2, 0.25) is 0 Å². The first-order valence-electron chi connectivity index (χ1n) is 8.21. The van der Waals surface area contributed by atoms with E-state index in [1.54, 1.807) is 0 Å². The fraction of sp³-hybridized carbons (Fsp3) is 1.00. The van der Waals surface area contributed by atoms with Crippen LogP contribution in [0.2, 0.25) is 0 Å². The zero-order chi connectivity index (χ0) is 12.5. The van der Waals surface area contributed by atoms with E-state index in [2.05, 4.69) is 11.9 Å². The van der Waals surface area contributed by atoms with Crippen LogP contribution in [0, 0.1) is 17.8 Å². The largest absolute Gasteiger partial charge is 0.327 e. The van der Waals surface area contributed by atoms with E-state index in [9.17, 15) is 0 Å². The molecule has 0 saturated heterocycles. The lowest BCUT2D eigenvalue weighted by Gasteiger charge is -2.35. The van der Waals surface area contributed by atoms with Gasteiger partial charge in [-0.3, -0.25) is 0 Å². The zero-order valence-corrected chi connectivity index (χ0v) is 12.0. The summed E-state index contributed by atoms with van der Waals surface area (Å²) in [4.78, 5) is 2.66. The average Bonchev–Trinajstić information content (AvgIpc) is 2.82. The standard InChI is InChI=1S/C16H30N2/c1-18(14-6-4-2-3-5-7-14)11-15-12-8-9-13(10-12)16(15)17/h12-16H,2-11,17H2,1H3. The molecule has 0 aromatic heterocycles. The molecular weight excluding hydrogens is 220 g/mol.